The molecule has 0 bridgehead atoms. The zero-order valence-electron chi connectivity index (χ0n) is 15.8. The molecule has 0 saturated heterocycles. The van der Waals surface area contributed by atoms with Gasteiger partial charge >= 0.3 is 11.9 Å². The molecule has 4 rings (SSSR count). The minimum atomic E-state index is -1.14. The highest BCUT2D eigenvalue weighted by molar-refractivity contribution is 7.10. The summed E-state index contributed by atoms with van der Waals surface area (Å²) in [5, 5.41) is 21.5. The number of hydrogen-bond donors (Lipinski definition) is 2. The maximum absolute atomic E-state index is 11.7. The van der Waals surface area contributed by atoms with E-state index in [1.54, 1.807) is 18.5 Å². The van der Waals surface area contributed by atoms with E-state index in [1.807, 2.05) is 23.6 Å². The van der Waals surface area contributed by atoms with E-state index in [0.717, 1.165) is 10.6 Å². The number of rotatable bonds is 6. The van der Waals surface area contributed by atoms with E-state index in [0.29, 0.717) is 11.4 Å². The molecule has 0 fully saturated rings. The summed E-state index contributed by atoms with van der Waals surface area (Å²) in [7, 11) is 0. The Morgan fingerprint density at radius 1 is 0.742 bits per heavy atom. The Labute approximate surface area is 180 Å². The molecule has 0 unspecified atom stereocenters. The third-order valence-electron chi connectivity index (χ3n) is 4.26. The van der Waals surface area contributed by atoms with Gasteiger partial charge in [0.1, 0.15) is 5.01 Å². The van der Waals surface area contributed by atoms with Gasteiger partial charge in [0.15, 0.2) is 0 Å². The zero-order valence-corrected chi connectivity index (χ0v) is 16.7. The third-order valence-corrected chi connectivity index (χ3v) is 5.00. The Kier molecular flexibility index (Phi) is 5.59. The molecule has 0 atom stereocenters. The number of carbonyl (C=O) groups is 2. The largest absolute Gasteiger partial charge is 0.478 e. The van der Waals surface area contributed by atoms with Crippen molar-refractivity contribution >= 4 is 35.4 Å². The molecule has 4 aromatic heterocycles. The van der Waals surface area contributed by atoms with Gasteiger partial charge in [-0.15, -0.1) is 11.3 Å². The van der Waals surface area contributed by atoms with Crippen molar-refractivity contribution in [3.63, 3.8) is 0 Å². The minimum Gasteiger partial charge on any atom is -0.478 e. The molecule has 0 aromatic carbocycles. The normalized spacial score (nSPS) is 11.0. The monoisotopic (exact) mass is 430 g/mol. The molecule has 4 aromatic rings. The molecular weight excluding hydrogens is 416 g/mol. The van der Waals surface area contributed by atoms with Crippen LogP contribution in [-0.2, 0) is 0 Å². The van der Waals surface area contributed by atoms with Gasteiger partial charge in [0.25, 0.3) is 0 Å². The summed E-state index contributed by atoms with van der Waals surface area (Å²) in [6, 6.07) is 9.07. The zero-order chi connectivity index (χ0) is 21.8. The van der Waals surface area contributed by atoms with Gasteiger partial charge in [-0.2, -0.15) is 0 Å². The summed E-state index contributed by atoms with van der Waals surface area (Å²) in [5.74, 6) is -2.25. The van der Waals surface area contributed by atoms with Gasteiger partial charge in [0.05, 0.1) is 33.9 Å². The first-order valence-electron chi connectivity index (χ1n) is 8.99. The van der Waals surface area contributed by atoms with Gasteiger partial charge in [0, 0.05) is 24.0 Å². The lowest BCUT2D eigenvalue weighted by molar-refractivity contribution is 0.0686. The molecule has 31 heavy (non-hydrogen) atoms. The molecule has 0 saturated carbocycles. The van der Waals surface area contributed by atoms with Crippen LogP contribution in [0.15, 0.2) is 60.4 Å². The molecule has 4 heterocycles. The number of carboxylic acid groups (broad SMARTS) is 2. The van der Waals surface area contributed by atoms with Crippen LogP contribution in [0.2, 0.25) is 0 Å². The Balaban J connectivity index is 1.77. The van der Waals surface area contributed by atoms with Crippen molar-refractivity contribution in [1.29, 1.82) is 0 Å². The first kappa shape index (κ1) is 20.0. The fourth-order valence-corrected chi connectivity index (χ4v) is 3.32. The maximum atomic E-state index is 11.7. The average molecular weight is 430 g/mol. The van der Waals surface area contributed by atoms with E-state index < -0.39 is 11.9 Å². The third kappa shape index (κ3) is 4.68. The van der Waals surface area contributed by atoms with Gasteiger partial charge in [-0.1, -0.05) is 6.08 Å². The van der Waals surface area contributed by atoms with E-state index in [-0.39, 0.29) is 22.5 Å². The SMILES string of the molecule is O=C(O)c1ccnc(-c2cc(C(=O)O)cc(-c3cc(/C=C/c4nccs4)ccn3)n2)c1. The standard InChI is InChI=1S/C22H14N4O4S/c27-21(28)14-4-6-24-17(10-14)19-12-15(22(29)30)11-18(26-19)16-9-13(3-5-23-16)1-2-20-25-7-8-31-20/h1-12H,(H,27,28)(H,29,30)/b2-1+. The van der Waals surface area contributed by atoms with Gasteiger partial charge in [-0.25, -0.2) is 19.6 Å². The van der Waals surface area contributed by atoms with Crippen molar-refractivity contribution < 1.29 is 19.8 Å². The molecule has 0 aliphatic heterocycles. The van der Waals surface area contributed by atoms with Crippen LogP contribution in [-0.4, -0.2) is 42.1 Å². The predicted octanol–water partition coefficient (Wildman–Crippen LogP) is 4.23. The molecular formula is C22H14N4O4S. The van der Waals surface area contributed by atoms with E-state index in [9.17, 15) is 19.8 Å². The van der Waals surface area contributed by atoms with E-state index >= 15 is 0 Å². The Morgan fingerprint density at radius 3 is 2.03 bits per heavy atom. The van der Waals surface area contributed by atoms with Crippen LogP contribution in [0.1, 0.15) is 31.3 Å². The van der Waals surface area contributed by atoms with Gasteiger partial charge in [-0.3, -0.25) is 9.97 Å². The summed E-state index contributed by atoms with van der Waals surface area (Å²) in [6.07, 6.45) is 8.42. The second kappa shape index (κ2) is 8.64. The number of nitrogens with zero attached hydrogens (tertiary/aromatic N) is 4. The first-order chi connectivity index (χ1) is 15.0. The van der Waals surface area contributed by atoms with E-state index in [2.05, 4.69) is 19.9 Å². The van der Waals surface area contributed by atoms with Crippen molar-refractivity contribution in [3.8, 4) is 22.8 Å². The second-order valence-corrected chi connectivity index (χ2v) is 7.27. The Hall–Kier alpha value is -4.24. The van der Waals surface area contributed by atoms with E-state index in [1.165, 1.54) is 41.8 Å². The summed E-state index contributed by atoms with van der Waals surface area (Å²) in [4.78, 5) is 40.1. The molecule has 8 nitrogen and oxygen atoms in total. The van der Waals surface area contributed by atoms with Crippen molar-refractivity contribution in [2.75, 3.05) is 0 Å². The number of aromatic nitrogens is 4. The lowest BCUT2D eigenvalue weighted by atomic mass is 10.1. The van der Waals surface area contributed by atoms with Crippen molar-refractivity contribution in [2.45, 2.75) is 0 Å². The summed E-state index contributed by atoms with van der Waals surface area (Å²) >= 11 is 1.51. The lowest BCUT2D eigenvalue weighted by Gasteiger charge is -2.08. The molecule has 9 heteroatoms. The van der Waals surface area contributed by atoms with Crippen LogP contribution in [0.4, 0.5) is 0 Å². The molecule has 152 valence electrons. The summed E-state index contributed by atoms with van der Waals surface area (Å²) in [5.41, 5.74) is 2.17. The maximum Gasteiger partial charge on any atom is 0.335 e. The lowest BCUT2D eigenvalue weighted by Crippen LogP contribution is -2.02. The topological polar surface area (TPSA) is 126 Å². The highest BCUT2D eigenvalue weighted by atomic mass is 32.1. The average Bonchev–Trinajstić information content (AvgIpc) is 3.31. The molecule has 0 radical (unpaired) electrons. The fraction of sp³-hybridized carbons (Fsp3) is 0. The number of thiazole rings is 1. The highest BCUT2D eigenvalue weighted by Crippen LogP contribution is 2.24. The van der Waals surface area contributed by atoms with Crippen LogP contribution in [0.3, 0.4) is 0 Å². The minimum absolute atomic E-state index is 0.00643. The van der Waals surface area contributed by atoms with Crippen LogP contribution < -0.4 is 0 Å². The van der Waals surface area contributed by atoms with Crippen molar-refractivity contribution in [2.24, 2.45) is 0 Å². The van der Waals surface area contributed by atoms with Crippen molar-refractivity contribution in [3.05, 3.63) is 82.1 Å². The summed E-state index contributed by atoms with van der Waals surface area (Å²) in [6.45, 7) is 0. The molecule has 0 aliphatic carbocycles. The molecule has 0 spiro atoms. The smallest absolute Gasteiger partial charge is 0.335 e. The van der Waals surface area contributed by atoms with E-state index in [4.69, 9.17) is 0 Å². The molecule has 0 amide bonds. The first-order valence-corrected chi connectivity index (χ1v) is 9.87. The number of aromatic carboxylic acids is 2. The van der Waals surface area contributed by atoms with Gasteiger partial charge in [-0.05, 0) is 48.0 Å². The van der Waals surface area contributed by atoms with Crippen LogP contribution in [0.5, 0.6) is 0 Å². The fourth-order valence-electron chi connectivity index (χ4n) is 2.80. The van der Waals surface area contributed by atoms with Gasteiger partial charge in [0.2, 0.25) is 0 Å². The van der Waals surface area contributed by atoms with Crippen LogP contribution in [0.25, 0.3) is 34.9 Å². The Morgan fingerprint density at radius 2 is 1.39 bits per heavy atom. The highest BCUT2D eigenvalue weighted by Gasteiger charge is 2.14. The predicted molar refractivity (Wildman–Crippen MR) is 116 cm³/mol. The quantitative estimate of drug-likeness (QED) is 0.465. The van der Waals surface area contributed by atoms with Crippen molar-refractivity contribution in [1.82, 2.24) is 19.9 Å². The second-order valence-electron chi connectivity index (χ2n) is 6.34. The van der Waals surface area contributed by atoms with Gasteiger partial charge < -0.3 is 10.2 Å². The number of carboxylic acids is 2. The Bertz CT molecular complexity index is 1300. The van der Waals surface area contributed by atoms with Crippen LogP contribution >= 0.6 is 11.3 Å². The molecule has 2 N–H and O–H groups in total. The summed E-state index contributed by atoms with van der Waals surface area (Å²) < 4.78 is 0. The number of hydrogen-bond acceptors (Lipinski definition) is 7. The van der Waals surface area contributed by atoms with Crippen LogP contribution in [0, 0.1) is 0 Å². The number of pyridine rings is 3. The molecule has 0 aliphatic rings.